The lowest BCUT2D eigenvalue weighted by Crippen LogP contribution is -2.22. The predicted molar refractivity (Wildman–Crippen MR) is 139 cm³/mol. The number of benzene rings is 2. The normalized spacial score (nSPS) is 12.6. The highest BCUT2D eigenvalue weighted by atomic mass is 79.9. The molecule has 8 heteroatoms. The molecule has 0 bridgehead atoms. The summed E-state index contributed by atoms with van der Waals surface area (Å²) >= 11 is 3.44. The molecular weight excluding hydrogens is 496 g/mol. The molecule has 0 amide bonds. The van der Waals surface area contributed by atoms with Crippen molar-refractivity contribution in [1.82, 2.24) is 14.2 Å². The Balaban J connectivity index is 1.83. The molecule has 4 aromatic rings. The van der Waals surface area contributed by atoms with Gasteiger partial charge in [-0.3, -0.25) is 4.79 Å². The molecule has 2 heterocycles. The first-order chi connectivity index (χ1) is 16.4. The summed E-state index contributed by atoms with van der Waals surface area (Å²) in [5, 5.41) is 6.02. The molecule has 176 valence electrons. The topological polar surface area (TPSA) is 78.5 Å². The van der Waals surface area contributed by atoms with Crippen LogP contribution in [0.5, 0.6) is 0 Å². The van der Waals surface area contributed by atoms with Crippen molar-refractivity contribution in [2.24, 2.45) is 5.10 Å². The zero-order chi connectivity index (χ0) is 24.2. The second-order valence-corrected chi connectivity index (χ2v) is 9.01. The Kier molecular flexibility index (Phi) is 7.26. The summed E-state index contributed by atoms with van der Waals surface area (Å²) in [7, 11) is 0. The summed E-state index contributed by atoms with van der Waals surface area (Å²) in [5.41, 5.74) is 2.14. The van der Waals surface area contributed by atoms with Crippen molar-refractivity contribution in [1.29, 1.82) is 0 Å². The first kappa shape index (κ1) is 23.9. The van der Waals surface area contributed by atoms with E-state index in [2.05, 4.69) is 28.0 Å². The van der Waals surface area contributed by atoms with Crippen LogP contribution in [0, 0.1) is 0 Å². The van der Waals surface area contributed by atoms with Crippen LogP contribution in [-0.4, -0.2) is 33.0 Å². The van der Waals surface area contributed by atoms with Gasteiger partial charge in [0.1, 0.15) is 11.9 Å². The lowest BCUT2D eigenvalue weighted by Gasteiger charge is -2.13. The van der Waals surface area contributed by atoms with Gasteiger partial charge < -0.3 is 9.30 Å². The molecule has 0 unspecified atom stereocenters. The van der Waals surface area contributed by atoms with Crippen LogP contribution in [0.2, 0.25) is 0 Å². The van der Waals surface area contributed by atoms with Crippen molar-refractivity contribution in [2.75, 3.05) is 6.61 Å². The van der Waals surface area contributed by atoms with E-state index in [1.54, 1.807) is 19.2 Å². The smallest absolute Gasteiger partial charge is 0.328 e. The Labute approximate surface area is 206 Å². The predicted octanol–water partition coefficient (Wildman–Crippen LogP) is 5.46. The van der Waals surface area contributed by atoms with E-state index in [9.17, 15) is 9.59 Å². The average Bonchev–Trinajstić information content (AvgIpc) is 3.21. The lowest BCUT2D eigenvalue weighted by atomic mass is 10.2. The molecule has 0 radical (unpaired) electrons. The van der Waals surface area contributed by atoms with E-state index in [0.717, 1.165) is 33.8 Å². The Bertz CT molecular complexity index is 1440. The number of fused-ring (bicyclic) bond motifs is 2. The van der Waals surface area contributed by atoms with Gasteiger partial charge in [0.15, 0.2) is 0 Å². The SMILES string of the molecule is CCCCc1nc2ccc(Br)cc2c(=O)n1N=Cc1cn([C@H](C)C(=O)OCC)c2ccccc12. The van der Waals surface area contributed by atoms with E-state index < -0.39 is 6.04 Å². The summed E-state index contributed by atoms with van der Waals surface area (Å²) < 4.78 is 9.30. The fourth-order valence-corrected chi connectivity index (χ4v) is 4.32. The first-order valence-corrected chi connectivity index (χ1v) is 12.3. The Morgan fingerprint density at radius 1 is 1.21 bits per heavy atom. The van der Waals surface area contributed by atoms with Crippen molar-refractivity contribution < 1.29 is 9.53 Å². The highest BCUT2D eigenvalue weighted by molar-refractivity contribution is 9.10. The van der Waals surface area contributed by atoms with E-state index >= 15 is 0 Å². The van der Waals surface area contributed by atoms with Crippen LogP contribution in [0.15, 0.2) is 63.0 Å². The number of hydrogen-bond donors (Lipinski definition) is 0. The summed E-state index contributed by atoms with van der Waals surface area (Å²) in [4.78, 5) is 30.5. The molecule has 2 aromatic carbocycles. The third-order valence-electron chi connectivity index (χ3n) is 5.76. The summed E-state index contributed by atoms with van der Waals surface area (Å²) in [5.74, 6) is 0.329. The molecule has 0 saturated heterocycles. The van der Waals surface area contributed by atoms with Crippen molar-refractivity contribution in [3.05, 3.63) is 74.9 Å². The molecule has 0 saturated carbocycles. The van der Waals surface area contributed by atoms with Crippen LogP contribution < -0.4 is 5.56 Å². The molecule has 0 fully saturated rings. The Hall–Kier alpha value is -3.26. The van der Waals surface area contributed by atoms with Crippen LogP contribution in [0.4, 0.5) is 0 Å². The van der Waals surface area contributed by atoms with E-state index in [-0.39, 0.29) is 11.5 Å². The molecule has 0 aliphatic carbocycles. The van der Waals surface area contributed by atoms with Crippen molar-refractivity contribution in [2.45, 2.75) is 46.1 Å². The van der Waals surface area contributed by atoms with Gasteiger partial charge in [-0.1, -0.05) is 47.5 Å². The van der Waals surface area contributed by atoms with Gasteiger partial charge in [0, 0.05) is 33.6 Å². The fraction of sp³-hybridized carbons (Fsp3) is 0.308. The summed E-state index contributed by atoms with van der Waals surface area (Å²) in [6.45, 7) is 6.03. The van der Waals surface area contributed by atoms with Gasteiger partial charge in [-0.25, -0.2) is 9.78 Å². The number of esters is 1. The van der Waals surface area contributed by atoms with Crippen LogP contribution in [0.3, 0.4) is 0 Å². The number of carbonyl (C=O) groups is 1. The number of halogens is 1. The average molecular weight is 523 g/mol. The van der Waals surface area contributed by atoms with Crippen molar-refractivity contribution in [3.63, 3.8) is 0 Å². The maximum atomic E-state index is 13.3. The van der Waals surface area contributed by atoms with E-state index in [1.165, 1.54) is 4.68 Å². The molecule has 4 rings (SSSR count). The quantitative estimate of drug-likeness (QED) is 0.227. The fourth-order valence-electron chi connectivity index (χ4n) is 3.96. The third kappa shape index (κ3) is 4.68. The minimum Gasteiger partial charge on any atom is -0.464 e. The highest BCUT2D eigenvalue weighted by Gasteiger charge is 2.19. The molecule has 7 nitrogen and oxygen atoms in total. The highest BCUT2D eigenvalue weighted by Crippen LogP contribution is 2.24. The zero-order valence-electron chi connectivity index (χ0n) is 19.5. The molecule has 0 aliphatic heterocycles. The van der Waals surface area contributed by atoms with Gasteiger partial charge in [-0.2, -0.15) is 9.78 Å². The maximum Gasteiger partial charge on any atom is 0.328 e. The summed E-state index contributed by atoms with van der Waals surface area (Å²) in [6, 6.07) is 12.8. The largest absolute Gasteiger partial charge is 0.464 e. The van der Waals surface area contributed by atoms with Gasteiger partial charge in [0.05, 0.1) is 23.7 Å². The van der Waals surface area contributed by atoms with E-state index in [1.807, 2.05) is 54.1 Å². The summed E-state index contributed by atoms with van der Waals surface area (Å²) in [6.07, 6.45) is 6.07. The minimum absolute atomic E-state index is 0.211. The molecule has 34 heavy (non-hydrogen) atoms. The lowest BCUT2D eigenvalue weighted by molar-refractivity contribution is -0.146. The number of hydrogen-bond acceptors (Lipinski definition) is 5. The number of aryl methyl sites for hydroxylation is 1. The monoisotopic (exact) mass is 522 g/mol. The standard InChI is InChI=1S/C26H27BrN4O3/c1-4-6-11-24-29-22-13-12-19(27)14-21(22)25(32)31(24)28-15-18-16-30(17(3)26(33)34-5-2)23-10-8-7-9-20(18)23/h7-10,12-17H,4-6,11H2,1-3H3/t17-/m1/s1. The van der Waals surface area contributed by atoms with Gasteiger partial charge >= 0.3 is 5.97 Å². The second-order valence-electron chi connectivity index (χ2n) is 8.09. The third-order valence-corrected chi connectivity index (χ3v) is 6.25. The number of aromatic nitrogens is 3. The molecule has 1 atom stereocenters. The van der Waals surface area contributed by atoms with Gasteiger partial charge in [0.2, 0.25) is 0 Å². The van der Waals surface area contributed by atoms with Crippen molar-refractivity contribution >= 4 is 49.9 Å². The molecule has 0 aliphatic rings. The number of rotatable bonds is 8. The van der Waals surface area contributed by atoms with Gasteiger partial charge in [-0.15, -0.1) is 0 Å². The molecule has 2 aromatic heterocycles. The number of para-hydroxylation sites is 1. The van der Waals surface area contributed by atoms with Crippen molar-refractivity contribution in [3.8, 4) is 0 Å². The number of carbonyl (C=O) groups excluding carboxylic acids is 1. The number of nitrogens with zero attached hydrogens (tertiary/aromatic N) is 4. The molecular formula is C26H27BrN4O3. The molecule has 0 N–H and O–H groups in total. The maximum absolute atomic E-state index is 13.3. The first-order valence-electron chi connectivity index (χ1n) is 11.5. The number of ether oxygens (including phenoxy) is 1. The van der Waals surface area contributed by atoms with Crippen LogP contribution >= 0.6 is 15.9 Å². The zero-order valence-corrected chi connectivity index (χ0v) is 21.1. The Morgan fingerprint density at radius 2 is 2.00 bits per heavy atom. The second kappa shape index (κ2) is 10.3. The van der Waals surface area contributed by atoms with E-state index in [0.29, 0.717) is 29.8 Å². The number of unbranched alkanes of at least 4 members (excludes halogenated alkanes) is 1. The van der Waals surface area contributed by atoms with Gasteiger partial charge in [-0.05, 0) is 44.5 Å². The Morgan fingerprint density at radius 3 is 2.76 bits per heavy atom. The van der Waals surface area contributed by atoms with Crippen LogP contribution in [0.1, 0.15) is 51.0 Å². The van der Waals surface area contributed by atoms with Gasteiger partial charge in [0.25, 0.3) is 5.56 Å². The minimum atomic E-state index is -0.491. The van der Waals surface area contributed by atoms with Crippen LogP contribution in [-0.2, 0) is 16.0 Å². The van der Waals surface area contributed by atoms with E-state index in [4.69, 9.17) is 9.72 Å². The van der Waals surface area contributed by atoms with Crippen LogP contribution in [0.25, 0.3) is 21.8 Å². The molecule has 0 spiro atoms.